The van der Waals surface area contributed by atoms with E-state index in [0.29, 0.717) is 4.47 Å². The summed E-state index contributed by atoms with van der Waals surface area (Å²) in [5.74, 6) is -0.661. The van der Waals surface area contributed by atoms with Gasteiger partial charge in [-0.1, -0.05) is 15.9 Å². The summed E-state index contributed by atoms with van der Waals surface area (Å²) in [6.45, 7) is 5.12. The zero-order valence-electron chi connectivity index (χ0n) is 12.4. The summed E-state index contributed by atoms with van der Waals surface area (Å²) >= 11 is 3.16. The number of nitrogens with zero attached hydrogens (tertiary/aromatic N) is 2. The first-order chi connectivity index (χ1) is 10.1. The van der Waals surface area contributed by atoms with Crippen LogP contribution in [0.1, 0.15) is 32.8 Å². The molecule has 116 valence electrons. The van der Waals surface area contributed by atoms with E-state index >= 15 is 0 Å². The normalized spacial score (nSPS) is 11.7. The maximum atomic E-state index is 12.1. The zero-order valence-corrected chi connectivity index (χ0v) is 14.0. The van der Waals surface area contributed by atoms with Crippen molar-refractivity contribution >= 4 is 33.7 Å². The Bertz CT molecular complexity index is 669. The summed E-state index contributed by atoms with van der Waals surface area (Å²) in [7, 11) is 0. The maximum Gasteiger partial charge on any atom is 0.335 e. The molecule has 6 nitrogen and oxygen atoms in total. The molecule has 0 bridgehead atoms. The number of benzene rings is 1. The Morgan fingerprint density at radius 3 is 2.64 bits per heavy atom. The van der Waals surface area contributed by atoms with E-state index in [1.54, 1.807) is 26.8 Å². The van der Waals surface area contributed by atoms with Crippen LogP contribution in [0.25, 0.3) is 6.08 Å². The zero-order chi connectivity index (χ0) is 16.9. The van der Waals surface area contributed by atoms with Crippen molar-refractivity contribution in [3.05, 3.63) is 43.9 Å². The van der Waals surface area contributed by atoms with Gasteiger partial charge in [-0.05, 0) is 39.0 Å². The lowest BCUT2D eigenvalue weighted by molar-refractivity contribution is -0.385. The highest BCUT2D eigenvalue weighted by atomic mass is 79.9. The standard InChI is InChI=1S/C15H15BrN2O4/c1-15(2,3)22-14(19)11(6-7-17)8-10-4-5-12(16)9-13(10)18(20)21/h4-5,8-9H,6H2,1-3H3/b11-8+. The maximum absolute atomic E-state index is 12.1. The molecule has 0 aromatic heterocycles. The molecular formula is C15H15BrN2O4. The summed E-state index contributed by atoms with van der Waals surface area (Å²) in [6, 6.07) is 6.33. The number of carbonyl (C=O) groups is 1. The van der Waals surface area contributed by atoms with Crippen LogP contribution >= 0.6 is 15.9 Å². The minimum atomic E-state index is -0.711. The molecule has 0 saturated heterocycles. The lowest BCUT2D eigenvalue weighted by Gasteiger charge is -2.20. The largest absolute Gasteiger partial charge is 0.457 e. The molecule has 0 N–H and O–H groups in total. The van der Waals surface area contributed by atoms with Gasteiger partial charge >= 0.3 is 5.97 Å². The molecule has 0 amide bonds. The Morgan fingerprint density at radius 2 is 2.14 bits per heavy atom. The molecule has 0 fully saturated rings. The lowest BCUT2D eigenvalue weighted by Crippen LogP contribution is -2.24. The van der Waals surface area contributed by atoms with Crippen molar-refractivity contribution in [1.29, 1.82) is 5.26 Å². The first-order valence-electron chi connectivity index (χ1n) is 6.39. The summed E-state index contributed by atoms with van der Waals surface area (Å²) in [5.41, 5.74) is -0.558. The van der Waals surface area contributed by atoms with E-state index in [2.05, 4.69) is 15.9 Å². The molecule has 22 heavy (non-hydrogen) atoms. The van der Waals surface area contributed by atoms with E-state index in [9.17, 15) is 14.9 Å². The SMILES string of the molecule is CC(C)(C)OC(=O)/C(=C/c1ccc(Br)cc1[N+](=O)[O-])CC#N. The highest BCUT2D eigenvalue weighted by Crippen LogP contribution is 2.26. The van der Waals surface area contributed by atoms with E-state index in [-0.39, 0.29) is 23.2 Å². The van der Waals surface area contributed by atoms with Crippen LogP contribution < -0.4 is 0 Å². The second kappa shape index (κ2) is 7.18. The molecular weight excluding hydrogens is 352 g/mol. The Hall–Kier alpha value is -2.20. The molecule has 0 aliphatic rings. The monoisotopic (exact) mass is 366 g/mol. The Balaban J connectivity index is 3.27. The fraction of sp³-hybridized carbons (Fsp3) is 0.333. The molecule has 0 saturated carbocycles. The average Bonchev–Trinajstić information content (AvgIpc) is 2.37. The predicted octanol–water partition coefficient (Wildman–Crippen LogP) is 4.00. The van der Waals surface area contributed by atoms with Gasteiger partial charge in [-0.2, -0.15) is 5.26 Å². The topological polar surface area (TPSA) is 93.2 Å². The van der Waals surface area contributed by atoms with Gasteiger partial charge in [0.2, 0.25) is 0 Å². The number of carbonyl (C=O) groups excluding carboxylic acids is 1. The molecule has 0 atom stereocenters. The van der Waals surface area contributed by atoms with Crippen molar-refractivity contribution < 1.29 is 14.5 Å². The molecule has 1 aromatic carbocycles. The molecule has 0 aliphatic heterocycles. The van der Waals surface area contributed by atoms with Gasteiger partial charge in [0.15, 0.2) is 0 Å². The molecule has 0 radical (unpaired) electrons. The van der Waals surface area contributed by atoms with Crippen molar-refractivity contribution in [2.75, 3.05) is 0 Å². The van der Waals surface area contributed by atoms with Crippen LogP contribution in [0.4, 0.5) is 5.69 Å². The van der Waals surface area contributed by atoms with E-state index in [1.807, 2.05) is 6.07 Å². The van der Waals surface area contributed by atoms with Crippen LogP contribution in [-0.4, -0.2) is 16.5 Å². The van der Waals surface area contributed by atoms with Crippen LogP contribution in [0.2, 0.25) is 0 Å². The number of nitro groups is 1. The highest BCUT2D eigenvalue weighted by Gasteiger charge is 2.21. The van der Waals surface area contributed by atoms with Gasteiger partial charge in [0.05, 0.1) is 28.5 Å². The summed E-state index contributed by atoms with van der Waals surface area (Å²) in [6.07, 6.45) is 1.13. The number of rotatable bonds is 4. The van der Waals surface area contributed by atoms with E-state index in [4.69, 9.17) is 10.00 Å². The number of esters is 1. The number of nitro benzene ring substituents is 1. The number of halogens is 1. The highest BCUT2D eigenvalue weighted by molar-refractivity contribution is 9.10. The Kier molecular flexibility index (Phi) is 5.83. The third-order valence-corrected chi connectivity index (χ3v) is 2.94. The van der Waals surface area contributed by atoms with E-state index in [1.165, 1.54) is 18.2 Å². The minimum absolute atomic E-state index is 0.0721. The van der Waals surface area contributed by atoms with Crippen molar-refractivity contribution in [2.45, 2.75) is 32.8 Å². The number of nitriles is 1. The van der Waals surface area contributed by atoms with Crippen LogP contribution in [-0.2, 0) is 9.53 Å². The first kappa shape index (κ1) is 17.9. The van der Waals surface area contributed by atoms with Crippen molar-refractivity contribution in [1.82, 2.24) is 0 Å². The number of hydrogen-bond donors (Lipinski definition) is 0. The van der Waals surface area contributed by atoms with Gasteiger partial charge in [0, 0.05) is 10.5 Å². The molecule has 0 aliphatic carbocycles. The van der Waals surface area contributed by atoms with Gasteiger partial charge in [-0.25, -0.2) is 4.79 Å². The first-order valence-corrected chi connectivity index (χ1v) is 7.18. The number of ether oxygens (including phenoxy) is 1. The lowest BCUT2D eigenvalue weighted by atomic mass is 10.1. The molecule has 0 spiro atoms. The van der Waals surface area contributed by atoms with Crippen molar-refractivity contribution in [3.63, 3.8) is 0 Å². The third-order valence-electron chi connectivity index (χ3n) is 2.45. The van der Waals surface area contributed by atoms with Crippen molar-refractivity contribution in [3.8, 4) is 6.07 Å². The van der Waals surface area contributed by atoms with Crippen LogP contribution in [0.3, 0.4) is 0 Å². The summed E-state index contributed by atoms with van der Waals surface area (Å²) in [5, 5.41) is 19.9. The summed E-state index contributed by atoms with van der Waals surface area (Å²) < 4.78 is 5.76. The molecule has 0 heterocycles. The second-order valence-corrected chi connectivity index (χ2v) is 6.38. The molecule has 7 heteroatoms. The molecule has 1 rings (SSSR count). The third kappa shape index (κ3) is 5.30. The van der Waals surface area contributed by atoms with E-state index < -0.39 is 16.5 Å². The smallest absolute Gasteiger partial charge is 0.335 e. The quantitative estimate of drug-likeness (QED) is 0.347. The van der Waals surface area contributed by atoms with Gasteiger partial charge < -0.3 is 4.74 Å². The van der Waals surface area contributed by atoms with Crippen LogP contribution in [0.15, 0.2) is 28.2 Å². The molecule has 1 aromatic rings. The van der Waals surface area contributed by atoms with Gasteiger partial charge in [-0.3, -0.25) is 10.1 Å². The number of hydrogen-bond acceptors (Lipinski definition) is 5. The van der Waals surface area contributed by atoms with Crippen molar-refractivity contribution in [2.24, 2.45) is 0 Å². The minimum Gasteiger partial charge on any atom is -0.457 e. The van der Waals surface area contributed by atoms with Crippen LogP contribution in [0, 0.1) is 21.4 Å². The van der Waals surface area contributed by atoms with Gasteiger partial charge in [-0.15, -0.1) is 0 Å². The summed E-state index contributed by atoms with van der Waals surface area (Å²) in [4.78, 5) is 22.6. The fourth-order valence-corrected chi connectivity index (χ4v) is 1.94. The van der Waals surface area contributed by atoms with E-state index in [0.717, 1.165) is 0 Å². The Morgan fingerprint density at radius 1 is 1.50 bits per heavy atom. The Labute approximate surface area is 136 Å². The van der Waals surface area contributed by atoms with Gasteiger partial charge in [0.25, 0.3) is 5.69 Å². The molecule has 0 unspecified atom stereocenters. The van der Waals surface area contributed by atoms with Crippen LogP contribution in [0.5, 0.6) is 0 Å². The predicted molar refractivity (Wildman–Crippen MR) is 84.8 cm³/mol. The van der Waals surface area contributed by atoms with Gasteiger partial charge in [0.1, 0.15) is 5.60 Å². The second-order valence-electron chi connectivity index (χ2n) is 5.47. The average molecular weight is 367 g/mol. The fourth-order valence-electron chi connectivity index (χ4n) is 1.60.